The number of hydrogen-bond donors (Lipinski definition) is 1. The van der Waals surface area contributed by atoms with Crippen molar-refractivity contribution in [2.24, 2.45) is 4.99 Å². The van der Waals surface area contributed by atoms with Crippen LogP contribution in [0.1, 0.15) is 43.2 Å². The maximum Gasteiger partial charge on any atom is 0.271 e. The Labute approximate surface area is 156 Å². The van der Waals surface area contributed by atoms with Crippen molar-refractivity contribution in [1.29, 1.82) is 0 Å². The van der Waals surface area contributed by atoms with Gasteiger partial charge in [0.15, 0.2) is 5.82 Å². The average Bonchev–Trinajstić information content (AvgIpc) is 2.96. The lowest BCUT2D eigenvalue weighted by Crippen LogP contribution is -2.15. The van der Waals surface area contributed by atoms with Gasteiger partial charge >= 0.3 is 0 Å². The molecule has 26 heavy (non-hydrogen) atoms. The van der Waals surface area contributed by atoms with E-state index in [0.717, 1.165) is 10.6 Å². The van der Waals surface area contributed by atoms with Gasteiger partial charge in [0.05, 0.1) is 42.7 Å². The Morgan fingerprint density at radius 3 is 2.23 bits per heavy atom. The SMILES string of the molecule is COc1cc(OC)c([C@@H]2SC(C)=Nc3c2c(=O)[nH]n3C(C)C)c(OC)c1. The van der Waals surface area contributed by atoms with E-state index in [9.17, 15) is 4.79 Å². The first kappa shape index (κ1) is 18.4. The summed E-state index contributed by atoms with van der Waals surface area (Å²) in [7, 11) is 4.78. The van der Waals surface area contributed by atoms with Gasteiger partial charge in [-0.2, -0.15) is 0 Å². The Hall–Kier alpha value is -2.35. The number of thioether (sulfide) groups is 1. The molecule has 0 radical (unpaired) electrons. The molecule has 140 valence electrons. The Morgan fingerprint density at radius 1 is 1.12 bits per heavy atom. The van der Waals surface area contributed by atoms with Crippen LogP contribution in [0.25, 0.3) is 0 Å². The molecule has 0 amide bonds. The smallest absolute Gasteiger partial charge is 0.271 e. The fourth-order valence-electron chi connectivity index (χ4n) is 3.08. The zero-order valence-electron chi connectivity index (χ0n) is 15.7. The summed E-state index contributed by atoms with van der Waals surface area (Å²) in [6, 6.07) is 3.69. The van der Waals surface area contributed by atoms with Crippen LogP contribution in [0.5, 0.6) is 17.2 Å². The second-order valence-electron chi connectivity index (χ2n) is 6.22. The number of aromatic nitrogens is 2. The van der Waals surface area contributed by atoms with Crippen LogP contribution < -0.4 is 19.8 Å². The van der Waals surface area contributed by atoms with Gasteiger partial charge < -0.3 is 14.2 Å². The molecular weight excluding hydrogens is 354 g/mol. The molecule has 0 aliphatic carbocycles. The van der Waals surface area contributed by atoms with E-state index in [0.29, 0.717) is 28.6 Å². The van der Waals surface area contributed by atoms with Crippen LogP contribution >= 0.6 is 11.8 Å². The first-order valence-corrected chi connectivity index (χ1v) is 9.15. The number of methoxy groups -OCH3 is 3. The number of nitrogens with zero attached hydrogens (tertiary/aromatic N) is 2. The van der Waals surface area contributed by atoms with E-state index in [-0.39, 0.29) is 16.9 Å². The quantitative estimate of drug-likeness (QED) is 0.860. The molecule has 1 aliphatic rings. The molecular formula is C18H23N3O4S. The van der Waals surface area contributed by atoms with Crippen molar-refractivity contribution in [3.63, 3.8) is 0 Å². The highest BCUT2D eigenvalue weighted by molar-refractivity contribution is 8.14. The van der Waals surface area contributed by atoms with Crippen molar-refractivity contribution < 1.29 is 14.2 Å². The van der Waals surface area contributed by atoms with Crippen molar-refractivity contribution in [3.05, 3.63) is 33.6 Å². The van der Waals surface area contributed by atoms with Crippen molar-refractivity contribution in [2.75, 3.05) is 21.3 Å². The van der Waals surface area contributed by atoms with E-state index in [1.165, 1.54) is 11.8 Å². The molecule has 8 heteroatoms. The molecule has 1 aliphatic heterocycles. The molecule has 0 saturated carbocycles. The molecule has 0 unspecified atom stereocenters. The highest BCUT2D eigenvalue weighted by atomic mass is 32.2. The maximum atomic E-state index is 12.7. The van der Waals surface area contributed by atoms with Gasteiger partial charge in [0.2, 0.25) is 0 Å². The van der Waals surface area contributed by atoms with Crippen LogP contribution in [0.2, 0.25) is 0 Å². The molecule has 0 fully saturated rings. The second kappa shape index (κ2) is 7.11. The van der Waals surface area contributed by atoms with Gasteiger partial charge in [0.1, 0.15) is 17.2 Å². The van der Waals surface area contributed by atoms with Crippen LogP contribution in [-0.2, 0) is 0 Å². The molecule has 7 nitrogen and oxygen atoms in total. The third-order valence-electron chi connectivity index (χ3n) is 4.28. The van der Waals surface area contributed by atoms with Gasteiger partial charge in [0, 0.05) is 18.2 Å². The number of rotatable bonds is 5. The standard InChI is InChI=1S/C18H23N3O4S/c1-9(2)21-17-15(18(22)20-21)16(26-10(3)19-17)14-12(24-5)7-11(23-4)8-13(14)25-6/h7-9,16H,1-6H3,(H,20,22)/t16-/m0/s1. The summed E-state index contributed by atoms with van der Waals surface area (Å²) in [4.78, 5) is 17.3. The predicted molar refractivity (Wildman–Crippen MR) is 104 cm³/mol. The van der Waals surface area contributed by atoms with Crippen molar-refractivity contribution in [3.8, 4) is 17.2 Å². The highest BCUT2D eigenvalue weighted by Gasteiger charge is 2.34. The number of aromatic amines is 1. The molecule has 1 aromatic carbocycles. The fraction of sp³-hybridized carbons (Fsp3) is 0.444. The fourth-order valence-corrected chi connectivity index (χ4v) is 4.24. The van der Waals surface area contributed by atoms with Crippen molar-refractivity contribution in [1.82, 2.24) is 9.78 Å². The summed E-state index contributed by atoms with van der Waals surface area (Å²) in [6.07, 6.45) is 0. The topological polar surface area (TPSA) is 77.8 Å². The number of ether oxygens (including phenoxy) is 3. The van der Waals surface area contributed by atoms with E-state index in [1.807, 2.05) is 20.8 Å². The van der Waals surface area contributed by atoms with Gasteiger partial charge in [-0.15, -0.1) is 0 Å². The van der Waals surface area contributed by atoms with Crippen molar-refractivity contribution >= 4 is 22.6 Å². The first-order chi connectivity index (χ1) is 12.4. The highest BCUT2D eigenvalue weighted by Crippen LogP contribution is 2.50. The number of nitrogens with one attached hydrogen (secondary N) is 1. The lowest BCUT2D eigenvalue weighted by Gasteiger charge is -2.25. The molecule has 0 saturated heterocycles. The van der Waals surface area contributed by atoms with Gasteiger partial charge in [-0.05, 0) is 20.8 Å². The number of hydrogen-bond acceptors (Lipinski definition) is 6. The molecule has 1 aromatic heterocycles. The molecule has 1 N–H and O–H groups in total. The lowest BCUT2D eigenvalue weighted by atomic mass is 10.0. The number of H-pyrrole nitrogens is 1. The first-order valence-electron chi connectivity index (χ1n) is 8.27. The average molecular weight is 377 g/mol. The third kappa shape index (κ3) is 2.98. The summed E-state index contributed by atoms with van der Waals surface area (Å²) in [5.41, 5.74) is 1.25. The Kier molecular flexibility index (Phi) is 5.04. The zero-order valence-corrected chi connectivity index (χ0v) is 16.6. The third-order valence-corrected chi connectivity index (χ3v) is 5.42. The minimum absolute atomic E-state index is 0.0893. The summed E-state index contributed by atoms with van der Waals surface area (Å²) in [5, 5.41) is 3.49. The van der Waals surface area contributed by atoms with Gasteiger partial charge in [-0.3, -0.25) is 14.6 Å². The van der Waals surface area contributed by atoms with E-state index in [2.05, 4.69) is 10.1 Å². The van der Waals surface area contributed by atoms with E-state index in [1.54, 1.807) is 38.1 Å². The normalized spacial score (nSPS) is 16.3. The van der Waals surface area contributed by atoms with Crippen LogP contribution in [0.15, 0.2) is 21.9 Å². The van der Waals surface area contributed by atoms with E-state index >= 15 is 0 Å². The predicted octanol–water partition coefficient (Wildman–Crippen LogP) is 3.67. The maximum absolute atomic E-state index is 12.7. The number of fused-ring (bicyclic) bond motifs is 1. The molecule has 1 atom stereocenters. The Bertz CT molecular complexity index is 889. The van der Waals surface area contributed by atoms with E-state index < -0.39 is 0 Å². The molecule has 0 spiro atoms. The van der Waals surface area contributed by atoms with Gasteiger partial charge in [-0.25, -0.2) is 4.99 Å². The van der Waals surface area contributed by atoms with Crippen LogP contribution in [-0.4, -0.2) is 36.2 Å². The molecule has 2 heterocycles. The molecule has 3 rings (SSSR count). The minimum Gasteiger partial charge on any atom is -0.496 e. The van der Waals surface area contributed by atoms with Crippen LogP contribution in [0.3, 0.4) is 0 Å². The largest absolute Gasteiger partial charge is 0.496 e. The van der Waals surface area contributed by atoms with Crippen molar-refractivity contribution in [2.45, 2.75) is 32.1 Å². The van der Waals surface area contributed by atoms with Gasteiger partial charge in [-0.1, -0.05) is 11.8 Å². The summed E-state index contributed by atoms with van der Waals surface area (Å²) < 4.78 is 18.3. The summed E-state index contributed by atoms with van der Waals surface area (Å²) in [5.74, 6) is 2.50. The van der Waals surface area contributed by atoms with Crippen LogP contribution in [0.4, 0.5) is 5.82 Å². The molecule has 2 aromatic rings. The van der Waals surface area contributed by atoms with Gasteiger partial charge in [0.25, 0.3) is 5.56 Å². The molecule has 0 bridgehead atoms. The number of aliphatic imine (C=N–C) groups is 1. The van der Waals surface area contributed by atoms with Crippen LogP contribution in [0, 0.1) is 0 Å². The number of benzene rings is 1. The lowest BCUT2D eigenvalue weighted by molar-refractivity contribution is 0.369. The second-order valence-corrected chi connectivity index (χ2v) is 7.51. The zero-order chi connectivity index (χ0) is 19.0. The summed E-state index contributed by atoms with van der Waals surface area (Å²) >= 11 is 1.51. The minimum atomic E-state index is -0.290. The summed E-state index contributed by atoms with van der Waals surface area (Å²) in [6.45, 7) is 5.95. The Balaban J connectivity index is 2.28. The monoisotopic (exact) mass is 377 g/mol. The Morgan fingerprint density at radius 2 is 1.73 bits per heavy atom. The van der Waals surface area contributed by atoms with E-state index in [4.69, 9.17) is 14.2 Å².